The van der Waals surface area contributed by atoms with Crippen molar-refractivity contribution < 1.29 is 4.79 Å². The molecule has 0 spiro atoms. The number of benzene rings is 1. The highest BCUT2D eigenvalue weighted by Gasteiger charge is 2.26. The zero-order chi connectivity index (χ0) is 10.8. The summed E-state index contributed by atoms with van der Waals surface area (Å²) in [5.41, 5.74) is 1.91. The second kappa shape index (κ2) is 4.11. The number of hydrogen-bond acceptors (Lipinski definition) is 2. The summed E-state index contributed by atoms with van der Waals surface area (Å²) in [6.45, 7) is 2.77. The van der Waals surface area contributed by atoms with Crippen LogP contribution in [-0.2, 0) is 4.79 Å². The van der Waals surface area contributed by atoms with Crippen molar-refractivity contribution in [2.24, 2.45) is 0 Å². The van der Waals surface area contributed by atoms with Gasteiger partial charge in [-0.25, -0.2) is 0 Å². The lowest BCUT2D eigenvalue weighted by Gasteiger charge is -2.35. The number of nitrogens with zero attached hydrogens (tertiary/aromatic N) is 1. The van der Waals surface area contributed by atoms with Crippen LogP contribution in [0.3, 0.4) is 0 Å². The predicted octanol–water partition coefficient (Wildman–Crippen LogP) is 2.07. The van der Waals surface area contributed by atoms with E-state index in [-0.39, 0.29) is 17.8 Å². The highest BCUT2D eigenvalue weighted by molar-refractivity contribution is 6.29. The number of carbonyl (C=O) groups is 1. The van der Waals surface area contributed by atoms with E-state index in [0.717, 1.165) is 17.9 Å². The molecule has 0 radical (unpaired) electrons. The molecule has 80 valence electrons. The first-order valence-electron chi connectivity index (χ1n) is 4.95. The van der Waals surface area contributed by atoms with E-state index in [0.29, 0.717) is 0 Å². The molecule has 15 heavy (non-hydrogen) atoms. The fourth-order valence-corrected chi connectivity index (χ4v) is 1.99. The third-order valence-electron chi connectivity index (χ3n) is 2.58. The Bertz CT molecular complexity index is 381. The molecule has 0 saturated carbocycles. The van der Waals surface area contributed by atoms with Gasteiger partial charge in [0.05, 0.1) is 17.4 Å². The van der Waals surface area contributed by atoms with Gasteiger partial charge in [0.25, 0.3) is 0 Å². The summed E-state index contributed by atoms with van der Waals surface area (Å²) in [6, 6.07) is 7.92. The molecule has 0 aliphatic carbocycles. The smallest absolute Gasteiger partial charge is 0.242 e. The number of para-hydroxylation sites is 2. The lowest BCUT2D eigenvalue weighted by molar-refractivity contribution is -0.116. The van der Waals surface area contributed by atoms with Gasteiger partial charge in [0.1, 0.15) is 5.88 Å². The minimum absolute atomic E-state index is 0.0265. The maximum Gasteiger partial charge on any atom is 0.242 e. The van der Waals surface area contributed by atoms with E-state index < -0.39 is 0 Å². The number of fused-ring (bicyclic) bond motifs is 1. The molecule has 0 fully saturated rings. The number of amides is 1. The van der Waals surface area contributed by atoms with Crippen LogP contribution in [-0.4, -0.2) is 24.4 Å². The molecule has 1 aromatic rings. The van der Waals surface area contributed by atoms with E-state index in [4.69, 9.17) is 11.6 Å². The molecule has 2 rings (SSSR count). The highest BCUT2D eigenvalue weighted by Crippen LogP contribution is 2.31. The van der Waals surface area contributed by atoms with Gasteiger partial charge in [0.15, 0.2) is 0 Å². The SMILES string of the molecule is C[C@H]1CNc2ccccc2N1C(=O)CCl. The molecule has 1 aliphatic heterocycles. The first-order chi connectivity index (χ1) is 7.24. The van der Waals surface area contributed by atoms with Gasteiger partial charge in [-0.15, -0.1) is 11.6 Å². The van der Waals surface area contributed by atoms with Crippen LogP contribution in [0.5, 0.6) is 0 Å². The number of nitrogens with one attached hydrogen (secondary N) is 1. The van der Waals surface area contributed by atoms with Gasteiger partial charge in [0.2, 0.25) is 5.91 Å². The largest absolute Gasteiger partial charge is 0.381 e. The second-order valence-corrected chi connectivity index (χ2v) is 3.91. The van der Waals surface area contributed by atoms with Crippen LogP contribution < -0.4 is 10.2 Å². The molecule has 1 aromatic carbocycles. The molecule has 1 N–H and O–H groups in total. The topological polar surface area (TPSA) is 32.3 Å². The maximum absolute atomic E-state index is 11.7. The normalized spacial score (nSPS) is 19.3. The average Bonchev–Trinajstić information content (AvgIpc) is 2.28. The molecule has 1 aliphatic rings. The first kappa shape index (κ1) is 10.3. The number of rotatable bonds is 1. The van der Waals surface area contributed by atoms with E-state index in [1.54, 1.807) is 4.90 Å². The summed E-state index contributed by atoms with van der Waals surface area (Å²) in [5, 5.41) is 3.28. The predicted molar refractivity (Wildman–Crippen MR) is 62.6 cm³/mol. The number of carbonyl (C=O) groups excluding carboxylic acids is 1. The highest BCUT2D eigenvalue weighted by atomic mass is 35.5. The third kappa shape index (κ3) is 1.79. The van der Waals surface area contributed by atoms with E-state index >= 15 is 0 Å². The summed E-state index contributed by atoms with van der Waals surface area (Å²) in [4.78, 5) is 13.5. The van der Waals surface area contributed by atoms with Crippen molar-refractivity contribution in [2.45, 2.75) is 13.0 Å². The van der Waals surface area contributed by atoms with Crippen molar-refractivity contribution >= 4 is 28.9 Å². The Balaban J connectivity index is 2.41. The van der Waals surface area contributed by atoms with Gasteiger partial charge in [-0.3, -0.25) is 4.79 Å². The molecular weight excluding hydrogens is 212 g/mol. The standard InChI is InChI=1S/C11H13ClN2O/c1-8-7-13-9-4-2-3-5-10(9)14(8)11(15)6-12/h2-5,8,13H,6-7H2,1H3/t8-/m0/s1. The third-order valence-corrected chi connectivity index (χ3v) is 2.80. The Morgan fingerprint density at radius 1 is 1.60 bits per heavy atom. The molecular formula is C11H13ClN2O. The Hall–Kier alpha value is -1.22. The number of alkyl halides is 1. The van der Waals surface area contributed by atoms with Crippen molar-refractivity contribution in [3.8, 4) is 0 Å². The molecule has 1 heterocycles. The summed E-state index contributed by atoms with van der Waals surface area (Å²) in [7, 11) is 0. The fraction of sp³-hybridized carbons (Fsp3) is 0.364. The molecule has 1 amide bonds. The summed E-state index contributed by atoms with van der Waals surface area (Å²) < 4.78 is 0. The zero-order valence-corrected chi connectivity index (χ0v) is 9.29. The second-order valence-electron chi connectivity index (χ2n) is 3.64. The number of anilines is 2. The van der Waals surface area contributed by atoms with Gasteiger partial charge < -0.3 is 10.2 Å². The van der Waals surface area contributed by atoms with E-state index in [2.05, 4.69) is 5.32 Å². The molecule has 0 aromatic heterocycles. The van der Waals surface area contributed by atoms with E-state index in [1.807, 2.05) is 31.2 Å². The van der Waals surface area contributed by atoms with Crippen molar-refractivity contribution in [3.63, 3.8) is 0 Å². The summed E-state index contributed by atoms with van der Waals surface area (Å²) in [5.74, 6) is -0.0169. The Labute approximate surface area is 94.0 Å². The summed E-state index contributed by atoms with van der Waals surface area (Å²) >= 11 is 5.61. The van der Waals surface area contributed by atoms with Crippen molar-refractivity contribution in [2.75, 3.05) is 22.6 Å². The van der Waals surface area contributed by atoms with Crippen molar-refractivity contribution in [1.29, 1.82) is 0 Å². The Morgan fingerprint density at radius 2 is 2.33 bits per heavy atom. The van der Waals surface area contributed by atoms with Crippen LogP contribution in [0.15, 0.2) is 24.3 Å². The maximum atomic E-state index is 11.7. The molecule has 0 saturated heterocycles. The minimum Gasteiger partial charge on any atom is -0.381 e. The fourth-order valence-electron chi connectivity index (χ4n) is 1.86. The molecule has 0 bridgehead atoms. The number of halogens is 1. The lowest BCUT2D eigenvalue weighted by atomic mass is 10.1. The minimum atomic E-state index is -0.0434. The summed E-state index contributed by atoms with van der Waals surface area (Å²) in [6.07, 6.45) is 0. The monoisotopic (exact) mass is 224 g/mol. The van der Waals surface area contributed by atoms with Crippen LogP contribution in [0.25, 0.3) is 0 Å². The van der Waals surface area contributed by atoms with Gasteiger partial charge in [-0.2, -0.15) is 0 Å². The lowest BCUT2D eigenvalue weighted by Crippen LogP contribution is -2.46. The molecule has 3 nitrogen and oxygen atoms in total. The molecule has 0 unspecified atom stereocenters. The van der Waals surface area contributed by atoms with Gasteiger partial charge in [-0.1, -0.05) is 12.1 Å². The van der Waals surface area contributed by atoms with Crippen molar-refractivity contribution in [3.05, 3.63) is 24.3 Å². The van der Waals surface area contributed by atoms with Gasteiger partial charge in [-0.05, 0) is 19.1 Å². The van der Waals surface area contributed by atoms with Crippen LogP contribution in [0.2, 0.25) is 0 Å². The average molecular weight is 225 g/mol. The van der Waals surface area contributed by atoms with Crippen LogP contribution in [0.4, 0.5) is 11.4 Å². The van der Waals surface area contributed by atoms with Gasteiger partial charge in [0, 0.05) is 6.54 Å². The number of hydrogen-bond donors (Lipinski definition) is 1. The van der Waals surface area contributed by atoms with E-state index in [9.17, 15) is 4.79 Å². The molecule has 4 heteroatoms. The quantitative estimate of drug-likeness (QED) is 0.741. The Morgan fingerprint density at radius 3 is 3.07 bits per heavy atom. The van der Waals surface area contributed by atoms with Crippen molar-refractivity contribution in [1.82, 2.24) is 0 Å². The van der Waals surface area contributed by atoms with Crippen LogP contribution >= 0.6 is 11.6 Å². The first-order valence-corrected chi connectivity index (χ1v) is 5.48. The molecule has 1 atom stereocenters. The zero-order valence-electron chi connectivity index (χ0n) is 8.53. The van der Waals surface area contributed by atoms with Crippen LogP contribution in [0, 0.1) is 0 Å². The Kier molecular flexibility index (Phi) is 2.82. The van der Waals surface area contributed by atoms with E-state index in [1.165, 1.54) is 0 Å². The van der Waals surface area contributed by atoms with Crippen LogP contribution in [0.1, 0.15) is 6.92 Å². The van der Waals surface area contributed by atoms with Gasteiger partial charge >= 0.3 is 0 Å².